The summed E-state index contributed by atoms with van der Waals surface area (Å²) < 4.78 is 1.96. The van der Waals surface area contributed by atoms with Crippen LogP contribution in [0.15, 0.2) is 22.5 Å². The molecule has 62 valence electrons. The highest BCUT2D eigenvalue weighted by Crippen LogP contribution is 2.27. The molecule has 1 aromatic heterocycles. The quantitative estimate of drug-likeness (QED) is 0.541. The highest BCUT2D eigenvalue weighted by molar-refractivity contribution is 7.99. The predicted molar refractivity (Wildman–Crippen MR) is 54.1 cm³/mol. The van der Waals surface area contributed by atoms with Crippen molar-refractivity contribution in [2.45, 2.75) is 4.34 Å². The van der Waals surface area contributed by atoms with Gasteiger partial charge in [0, 0.05) is 5.69 Å². The van der Waals surface area contributed by atoms with E-state index in [0.29, 0.717) is 0 Å². The molecule has 5 heteroatoms. The molecular formula is C7H7N3S2. The van der Waals surface area contributed by atoms with Crippen LogP contribution in [-0.4, -0.2) is 4.98 Å². The van der Waals surface area contributed by atoms with Crippen LogP contribution >= 0.6 is 23.3 Å². The molecule has 0 amide bonds. The molecule has 4 N–H and O–H groups in total. The smallest absolute Gasteiger partial charge is 0.165 e. The fourth-order valence-corrected chi connectivity index (χ4v) is 2.33. The maximum absolute atomic E-state index is 5.62. The zero-order valence-electron chi connectivity index (χ0n) is 6.15. The molecule has 2 aromatic rings. The second-order valence-electron chi connectivity index (χ2n) is 2.32. The number of rotatable bonds is 1. The van der Waals surface area contributed by atoms with Crippen LogP contribution in [0, 0.1) is 0 Å². The molecule has 0 saturated heterocycles. The van der Waals surface area contributed by atoms with E-state index in [1.165, 1.54) is 11.9 Å². The fourth-order valence-electron chi connectivity index (χ4n) is 0.970. The van der Waals surface area contributed by atoms with Crippen molar-refractivity contribution >= 4 is 39.2 Å². The first-order chi connectivity index (χ1) is 5.79. The third kappa shape index (κ3) is 1.26. The van der Waals surface area contributed by atoms with Crippen LogP contribution in [0.4, 0.5) is 5.69 Å². The molecule has 12 heavy (non-hydrogen) atoms. The Labute approximate surface area is 77.9 Å². The van der Waals surface area contributed by atoms with E-state index in [0.717, 1.165) is 20.2 Å². The summed E-state index contributed by atoms with van der Waals surface area (Å²) in [7, 11) is 0. The van der Waals surface area contributed by atoms with Gasteiger partial charge in [-0.15, -0.1) is 11.3 Å². The molecule has 0 radical (unpaired) electrons. The lowest BCUT2D eigenvalue weighted by molar-refractivity contribution is 1.30. The number of hydrogen-bond acceptors (Lipinski definition) is 5. The molecule has 0 spiro atoms. The van der Waals surface area contributed by atoms with Gasteiger partial charge in [0.25, 0.3) is 0 Å². The standard InChI is InChI=1S/C7H7N3S2/c8-4-1-2-5-6(3-4)11-7(10-5)12-9/h1-3H,8-9H2. The third-order valence-electron chi connectivity index (χ3n) is 1.49. The molecular weight excluding hydrogens is 190 g/mol. The third-order valence-corrected chi connectivity index (χ3v) is 3.14. The maximum atomic E-state index is 5.62. The number of hydrogen-bond donors (Lipinski definition) is 2. The second-order valence-corrected chi connectivity index (χ2v) is 4.24. The molecule has 0 aliphatic carbocycles. The van der Waals surface area contributed by atoms with Crippen LogP contribution in [0.2, 0.25) is 0 Å². The zero-order chi connectivity index (χ0) is 8.55. The summed E-state index contributed by atoms with van der Waals surface area (Å²) in [5.41, 5.74) is 7.34. The maximum Gasteiger partial charge on any atom is 0.165 e. The van der Waals surface area contributed by atoms with E-state index in [1.807, 2.05) is 18.2 Å². The largest absolute Gasteiger partial charge is 0.399 e. The Morgan fingerprint density at radius 2 is 2.25 bits per heavy atom. The molecule has 0 saturated carbocycles. The summed E-state index contributed by atoms with van der Waals surface area (Å²) in [4.78, 5) is 4.27. The number of fused-ring (bicyclic) bond motifs is 1. The Morgan fingerprint density at radius 1 is 1.42 bits per heavy atom. The van der Waals surface area contributed by atoms with Crippen LogP contribution in [0.3, 0.4) is 0 Å². The Morgan fingerprint density at radius 3 is 3.00 bits per heavy atom. The van der Waals surface area contributed by atoms with Crippen molar-refractivity contribution in [1.29, 1.82) is 0 Å². The number of thiazole rings is 1. The molecule has 0 unspecified atom stereocenters. The van der Waals surface area contributed by atoms with Gasteiger partial charge in [-0.3, -0.25) is 5.14 Å². The molecule has 1 heterocycles. The van der Waals surface area contributed by atoms with Gasteiger partial charge in [-0.1, -0.05) is 0 Å². The van der Waals surface area contributed by atoms with Crippen molar-refractivity contribution in [2.75, 3.05) is 5.73 Å². The first-order valence-corrected chi connectivity index (χ1v) is 5.02. The van der Waals surface area contributed by atoms with Crippen molar-refractivity contribution in [1.82, 2.24) is 4.98 Å². The van der Waals surface area contributed by atoms with Gasteiger partial charge in [0.2, 0.25) is 0 Å². The van der Waals surface area contributed by atoms with Crippen LogP contribution in [0.1, 0.15) is 0 Å². The summed E-state index contributed by atoms with van der Waals surface area (Å²) in [6.07, 6.45) is 0. The number of nitrogens with zero attached hydrogens (tertiary/aromatic N) is 1. The van der Waals surface area contributed by atoms with Gasteiger partial charge >= 0.3 is 0 Å². The predicted octanol–water partition coefficient (Wildman–Crippen LogP) is 1.84. The van der Waals surface area contributed by atoms with E-state index < -0.39 is 0 Å². The van der Waals surface area contributed by atoms with Gasteiger partial charge in [0.05, 0.1) is 10.2 Å². The van der Waals surface area contributed by atoms with Crippen LogP contribution in [0.25, 0.3) is 10.2 Å². The van der Waals surface area contributed by atoms with Crippen molar-refractivity contribution in [2.24, 2.45) is 5.14 Å². The van der Waals surface area contributed by atoms with Crippen LogP contribution in [0.5, 0.6) is 0 Å². The molecule has 3 nitrogen and oxygen atoms in total. The van der Waals surface area contributed by atoms with Gasteiger partial charge in [-0.2, -0.15) is 0 Å². The second kappa shape index (κ2) is 2.93. The van der Waals surface area contributed by atoms with Gasteiger partial charge in [0.15, 0.2) is 4.34 Å². The van der Waals surface area contributed by atoms with E-state index in [1.54, 1.807) is 11.3 Å². The first-order valence-electron chi connectivity index (χ1n) is 3.32. The lowest BCUT2D eigenvalue weighted by Gasteiger charge is -1.88. The molecule has 2 rings (SSSR count). The van der Waals surface area contributed by atoms with E-state index >= 15 is 0 Å². The van der Waals surface area contributed by atoms with Crippen LogP contribution < -0.4 is 10.9 Å². The Bertz CT molecular complexity index is 410. The normalized spacial score (nSPS) is 10.8. The Balaban J connectivity index is 2.67. The minimum absolute atomic E-state index is 0.764. The molecule has 0 atom stereocenters. The summed E-state index contributed by atoms with van der Waals surface area (Å²) in [5.74, 6) is 0. The first kappa shape index (κ1) is 7.85. The van der Waals surface area contributed by atoms with Gasteiger partial charge in [-0.05, 0) is 30.1 Å². The minimum Gasteiger partial charge on any atom is -0.399 e. The van der Waals surface area contributed by atoms with Gasteiger partial charge in [-0.25, -0.2) is 4.98 Å². The van der Waals surface area contributed by atoms with E-state index in [4.69, 9.17) is 10.9 Å². The van der Waals surface area contributed by atoms with Crippen molar-refractivity contribution < 1.29 is 0 Å². The fraction of sp³-hybridized carbons (Fsp3) is 0. The average Bonchev–Trinajstić information content (AvgIpc) is 2.46. The van der Waals surface area contributed by atoms with Gasteiger partial charge < -0.3 is 5.73 Å². The SMILES string of the molecule is NSc1nc2ccc(N)cc2s1. The number of nitrogens with two attached hydrogens (primary N) is 2. The molecule has 0 fully saturated rings. The number of nitrogen functional groups attached to an aromatic ring is 1. The molecule has 0 aliphatic rings. The number of anilines is 1. The summed E-state index contributed by atoms with van der Waals surface area (Å²) in [6, 6.07) is 5.65. The molecule has 0 bridgehead atoms. The monoisotopic (exact) mass is 197 g/mol. The Kier molecular flexibility index (Phi) is 1.92. The van der Waals surface area contributed by atoms with Crippen LogP contribution in [-0.2, 0) is 0 Å². The molecule has 0 aliphatic heterocycles. The van der Waals surface area contributed by atoms with E-state index in [9.17, 15) is 0 Å². The minimum atomic E-state index is 0.764. The lowest BCUT2D eigenvalue weighted by atomic mass is 10.3. The van der Waals surface area contributed by atoms with E-state index in [-0.39, 0.29) is 0 Å². The number of aromatic nitrogens is 1. The van der Waals surface area contributed by atoms with Crippen molar-refractivity contribution in [3.63, 3.8) is 0 Å². The van der Waals surface area contributed by atoms with Crippen molar-refractivity contribution in [3.8, 4) is 0 Å². The summed E-state index contributed by atoms with van der Waals surface area (Å²) >= 11 is 2.73. The Hall–Kier alpha value is -0.780. The van der Waals surface area contributed by atoms with Crippen molar-refractivity contribution in [3.05, 3.63) is 18.2 Å². The molecule has 1 aromatic carbocycles. The van der Waals surface area contributed by atoms with Gasteiger partial charge in [0.1, 0.15) is 0 Å². The highest BCUT2D eigenvalue weighted by atomic mass is 32.2. The number of benzene rings is 1. The summed E-state index contributed by atoms with van der Waals surface area (Å²) in [5, 5.41) is 5.39. The summed E-state index contributed by atoms with van der Waals surface area (Å²) in [6.45, 7) is 0. The highest BCUT2D eigenvalue weighted by Gasteiger charge is 2.01. The average molecular weight is 197 g/mol. The lowest BCUT2D eigenvalue weighted by Crippen LogP contribution is -1.81. The zero-order valence-corrected chi connectivity index (χ0v) is 7.78. The van der Waals surface area contributed by atoms with E-state index in [2.05, 4.69) is 4.98 Å². The topological polar surface area (TPSA) is 64.9 Å².